The number of likely N-dealkylation sites (tertiary alicyclic amines) is 1. The maximum Gasteiger partial charge on any atom is 0.322 e. The van der Waals surface area contributed by atoms with Crippen LogP contribution in [-0.4, -0.2) is 41.4 Å². The molecule has 4 amide bonds. The Hall–Kier alpha value is -1.16. The average molecular weight is 405 g/mol. The zero-order valence-electron chi connectivity index (χ0n) is 10.4. The summed E-state index contributed by atoms with van der Waals surface area (Å²) in [7, 11) is 0. The lowest BCUT2D eigenvalue weighted by atomic mass is 9.89. The molecule has 6 nitrogen and oxygen atoms in total. The van der Waals surface area contributed by atoms with Crippen LogP contribution in [0.15, 0.2) is 11.4 Å². The molecule has 0 saturated carbocycles. The van der Waals surface area contributed by atoms with Gasteiger partial charge in [-0.25, -0.2) is 4.79 Å². The van der Waals surface area contributed by atoms with Gasteiger partial charge in [0.15, 0.2) is 0 Å². The molecule has 1 aromatic heterocycles. The summed E-state index contributed by atoms with van der Waals surface area (Å²) in [6.45, 7) is 0.839. The molecule has 8 heteroatoms. The molecule has 0 radical (unpaired) electrons. The largest absolute Gasteiger partial charge is 0.336 e. The lowest BCUT2D eigenvalue weighted by Crippen LogP contribution is -2.59. The topological polar surface area (TPSA) is 78.5 Å². The number of amides is 4. The van der Waals surface area contributed by atoms with Crippen LogP contribution in [0.5, 0.6) is 0 Å². The van der Waals surface area contributed by atoms with Crippen molar-refractivity contribution in [1.29, 1.82) is 0 Å². The van der Waals surface area contributed by atoms with E-state index in [0.29, 0.717) is 24.9 Å². The van der Waals surface area contributed by atoms with Crippen LogP contribution in [0.3, 0.4) is 0 Å². The number of piperidine rings is 1. The highest BCUT2D eigenvalue weighted by Gasteiger charge is 2.49. The molecule has 1 aromatic rings. The highest BCUT2D eigenvalue weighted by molar-refractivity contribution is 14.1. The molecular weight excluding hydrogens is 393 g/mol. The van der Waals surface area contributed by atoms with Crippen molar-refractivity contribution in [1.82, 2.24) is 15.5 Å². The molecule has 2 saturated heterocycles. The molecule has 106 valence electrons. The quantitative estimate of drug-likeness (QED) is 0.544. The average Bonchev–Trinajstić information content (AvgIpc) is 2.94. The van der Waals surface area contributed by atoms with Gasteiger partial charge in [-0.15, -0.1) is 11.3 Å². The Bertz CT molecular complexity index is 603. The van der Waals surface area contributed by atoms with E-state index in [-0.39, 0.29) is 18.4 Å². The van der Waals surface area contributed by atoms with E-state index in [4.69, 9.17) is 0 Å². The van der Waals surface area contributed by atoms with Crippen LogP contribution in [0.25, 0.3) is 0 Å². The van der Waals surface area contributed by atoms with Crippen molar-refractivity contribution in [2.75, 3.05) is 13.1 Å². The Balaban J connectivity index is 1.80. The number of hydrogen-bond acceptors (Lipinski definition) is 4. The van der Waals surface area contributed by atoms with Gasteiger partial charge in [0.05, 0.1) is 15.0 Å². The van der Waals surface area contributed by atoms with Crippen LogP contribution >= 0.6 is 33.9 Å². The first-order chi connectivity index (χ1) is 9.50. The van der Waals surface area contributed by atoms with Gasteiger partial charge in [-0.1, -0.05) is 0 Å². The minimum absolute atomic E-state index is 0.0859. The molecule has 3 heterocycles. The summed E-state index contributed by atoms with van der Waals surface area (Å²) >= 11 is 3.68. The van der Waals surface area contributed by atoms with Crippen molar-refractivity contribution >= 4 is 51.8 Å². The van der Waals surface area contributed by atoms with Crippen LogP contribution in [0.4, 0.5) is 4.79 Å². The fraction of sp³-hybridized carbons (Fsp3) is 0.417. The standard InChI is InChI=1S/C12H12IN3O3S/c13-8-4-7(5-20-8)9(17)16-3-1-2-12(6-16)10(18)14-11(19)15-12/h4-5H,1-3,6H2,(H2,14,15,18,19). The number of rotatable bonds is 1. The van der Waals surface area contributed by atoms with E-state index in [1.165, 1.54) is 11.3 Å². The molecule has 2 aliphatic rings. The van der Waals surface area contributed by atoms with Crippen molar-refractivity contribution in [3.05, 3.63) is 19.9 Å². The molecule has 0 aliphatic carbocycles. The van der Waals surface area contributed by atoms with Gasteiger partial charge >= 0.3 is 6.03 Å². The van der Waals surface area contributed by atoms with Crippen molar-refractivity contribution in [3.8, 4) is 0 Å². The third-order valence-corrected chi connectivity index (χ3v) is 5.40. The lowest BCUT2D eigenvalue weighted by molar-refractivity contribution is -0.125. The third-order valence-electron chi connectivity index (χ3n) is 3.61. The lowest BCUT2D eigenvalue weighted by Gasteiger charge is -2.37. The van der Waals surface area contributed by atoms with E-state index in [1.54, 1.807) is 4.90 Å². The zero-order valence-corrected chi connectivity index (χ0v) is 13.4. The Kier molecular flexibility index (Phi) is 3.44. The Morgan fingerprint density at radius 1 is 1.45 bits per heavy atom. The molecule has 2 aliphatic heterocycles. The van der Waals surface area contributed by atoms with Crippen LogP contribution < -0.4 is 10.6 Å². The molecule has 2 fully saturated rings. The van der Waals surface area contributed by atoms with Gasteiger partial charge in [0.2, 0.25) is 0 Å². The van der Waals surface area contributed by atoms with Crippen LogP contribution in [0, 0.1) is 2.88 Å². The van der Waals surface area contributed by atoms with E-state index >= 15 is 0 Å². The van der Waals surface area contributed by atoms with Gasteiger partial charge in [-0.2, -0.15) is 0 Å². The normalized spacial score (nSPS) is 25.8. The number of nitrogens with one attached hydrogen (secondary N) is 2. The number of halogens is 1. The second kappa shape index (κ2) is 4.99. The molecule has 1 atom stereocenters. The van der Waals surface area contributed by atoms with Crippen molar-refractivity contribution in [3.63, 3.8) is 0 Å². The monoisotopic (exact) mass is 405 g/mol. The fourth-order valence-electron chi connectivity index (χ4n) is 2.65. The van der Waals surface area contributed by atoms with Crippen LogP contribution in [0.1, 0.15) is 23.2 Å². The molecular formula is C12H12IN3O3S. The number of urea groups is 1. The summed E-state index contributed by atoms with van der Waals surface area (Å²) in [6, 6.07) is 1.36. The second-order valence-electron chi connectivity index (χ2n) is 4.96. The molecule has 0 aromatic carbocycles. The number of thiophene rings is 1. The van der Waals surface area contributed by atoms with E-state index < -0.39 is 11.6 Å². The number of nitrogens with zero attached hydrogens (tertiary/aromatic N) is 1. The zero-order chi connectivity index (χ0) is 14.3. The van der Waals surface area contributed by atoms with Gasteiger partial charge in [-0.05, 0) is 41.5 Å². The first-order valence-electron chi connectivity index (χ1n) is 6.17. The van der Waals surface area contributed by atoms with Gasteiger partial charge < -0.3 is 10.2 Å². The van der Waals surface area contributed by atoms with Crippen molar-refractivity contribution < 1.29 is 14.4 Å². The minimum Gasteiger partial charge on any atom is -0.336 e. The number of carbonyl (C=O) groups excluding carboxylic acids is 3. The number of hydrogen-bond donors (Lipinski definition) is 2. The smallest absolute Gasteiger partial charge is 0.322 e. The maximum atomic E-state index is 12.4. The fourth-order valence-corrected chi connectivity index (χ4v) is 3.97. The first kappa shape index (κ1) is 13.8. The number of carbonyl (C=O) groups is 3. The Morgan fingerprint density at radius 3 is 2.85 bits per heavy atom. The highest BCUT2D eigenvalue weighted by atomic mass is 127. The summed E-state index contributed by atoms with van der Waals surface area (Å²) in [6.07, 6.45) is 1.26. The van der Waals surface area contributed by atoms with Gasteiger partial charge in [0, 0.05) is 11.9 Å². The van der Waals surface area contributed by atoms with Crippen LogP contribution in [0.2, 0.25) is 0 Å². The van der Waals surface area contributed by atoms with Crippen LogP contribution in [-0.2, 0) is 4.79 Å². The van der Waals surface area contributed by atoms with Crippen molar-refractivity contribution in [2.24, 2.45) is 0 Å². The van der Waals surface area contributed by atoms with Gasteiger partial charge in [0.1, 0.15) is 5.54 Å². The van der Waals surface area contributed by atoms with E-state index in [2.05, 4.69) is 33.2 Å². The number of imide groups is 1. The summed E-state index contributed by atoms with van der Waals surface area (Å²) < 4.78 is 1.05. The highest BCUT2D eigenvalue weighted by Crippen LogP contribution is 2.26. The SMILES string of the molecule is O=C1NC(=O)C2(CCCN(C(=O)c3csc(I)c3)C2)N1. The summed E-state index contributed by atoms with van der Waals surface area (Å²) in [5, 5.41) is 6.74. The Morgan fingerprint density at radius 2 is 2.25 bits per heavy atom. The molecule has 1 unspecified atom stereocenters. The molecule has 2 N–H and O–H groups in total. The summed E-state index contributed by atoms with van der Waals surface area (Å²) in [4.78, 5) is 37.3. The molecule has 1 spiro atoms. The molecule has 0 bridgehead atoms. The van der Waals surface area contributed by atoms with Crippen molar-refractivity contribution in [2.45, 2.75) is 18.4 Å². The first-order valence-corrected chi connectivity index (χ1v) is 8.13. The third kappa shape index (κ3) is 2.30. The van der Waals surface area contributed by atoms with Gasteiger partial charge in [0.25, 0.3) is 11.8 Å². The maximum absolute atomic E-state index is 12.4. The molecule has 3 rings (SSSR count). The summed E-state index contributed by atoms with van der Waals surface area (Å²) in [5.74, 6) is -0.419. The molecule has 20 heavy (non-hydrogen) atoms. The van der Waals surface area contributed by atoms with E-state index in [0.717, 1.165) is 2.88 Å². The van der Waals surface area contributed by atoms with Gasteiger partial charge in [-0.3, -0.25) is 14.9 Å². The summed E-state index contributed by atoms with van der Waals surface area (Å²) in [5.41, 5.74) is -0.310. The van der Waals surface area contributed by atoms with E-state index in [9.17, 15) is 14.4 Å². The minimum atomic E-state index is -0.950. The second-order valence-corrected chi connectivity index (χ2v) is 7.77. The predicted molar refractivity (Wildman–Crippen MR) is 81.6 cm³/mol. The predicted octanol–water partition coefficient (Wildman–Crippen LogP) is 1.17. The Labute approximate surface area is 133 Å². The van der Waals surface area contributed by atoms with E-state index in [1.807, 2.05) is 11.4 Å².